The zero-order valence-electron chi connectivity index (χ0n) is 27.8. The van der Waals surface area contributed by atoms with Gasteiger partial charge in [0.05, 0.1) is 42.4 Å². The number of nitrogens with zero attached hydrogens (tertiary/aromatic N) is 6. The van der Waals surface area contributed by atoms with Gasteiger partial charge in [-0.3, -0.25) is 19.3 Å². The number of carbonyl (C=O) groups excluding carboxylic acids is 2. The Kier molecular flexibility index (Phi) is 8.07. The van der Waals surface area contributed by atoms with Gasteiger partial charge < -0.3 is 29.0 Å². The summed E-state index contributed by atoms with van der Waals surface area (Å²) >= 11 is 0. The molecule has 8 rings (SSSR count). The van der Waals surface area contributed by atoms with E-state index in [-0.39, 0.29) is 28.4 Å². The Balaban J connectivity index is 1.06. The first kappa shape index (κ1) is 31.5. The van der Waals surface area contributed by atoms with E-state index in [0.717, 1.165) is 75.7 Å². The van der Waals surface area contributed by atoms with E-state index in [9.17, 15) is 14.4 Å². The molecule has 0 bridgehead atoms. The summed E-state index contributed by atoms with van der Waals surface area (Å²) in [6.07, 6.45) is 7.77. The Morgan fingerprint density at radius 3 is 2.59 bits per heavy atom. The average molecular weight is 666 g/mol. The third-order valence-corrected chi connectivity index (χ3v) is 10.6. The number of amides is 1. The van der Waals surface area contributed by atoms with Crippen molar-refractivity contribution in [3.05, 3.63) is 87.5 Å². The van der Waals surface area contributed by atoms with Crippen LogP contribution in [0.25, 0.3) is 11.1 Å². The first-order chi connectivity index (χ1) is 23.8. The van der Waals surface area contributed by atoms with Crippen LogP contribution in [-0.4, -0.2) is 82.7 Å². The second-order valence-electron chi connectivity index (χ2n) is 13.6. The highest BCUT2D eigenvalue weighted by Crippen LogP contribution is 2.36. The summed E-state index contributed by atoms with van der Waals surface area (Å²) in [5.74, 6) is -0.331. The maximum atomic E-state index is 15.4. The number of aldehydes is 1. The molecular formula is C37H40FN7O4. The summed E-state index contributed by atoms with van der Waals surface area (Å²) in [7, 11) is 1.61. The number of hydrogen-bond acceptors (Lipinski definition) is 8. The molecule has 3 aromatic heterocycles. The number of rotatable bonds is 7. The van der Waals surface area contributed by atoms with Gasteiger partial charge in [-0.2, -0.15) is 0 Å². The molecule has 1 aromatic carbocycles. The van der Waals surface area contributed by atoms with Gasteiger partial charge in [0.25, 0.3) is 11.5 Å². The van der Waals surface area contributed by atoms with Gasteiger partial charge in [0.1, 0.15) is 17.3 Å². The van der Waals surface area contributed by atoms with Crippen LogP contribution in [0.4, 0.5) is 27.3 Å². The van der Waals surface area contributed by atoms with E-state index in [4.69, 9.17) is 4.74 Å². The van der Waals surface area contributed by atoms with Crippen molar-refractivity contribution in [1.29, 1.82) is 0 Å². The Morgan fingerprint density at radius 1 is 1.00 bits per heavy atom. The smallest absolute Gasteiger partial charge is 0.274 e. The molecule has 4 aromatic rings. The SMILES string of the molecule is C[C@H]1CN(C2COC2)CCN1c1ccc(Nc2cc(-c3cc(F)cc(N4CCc5c(cc6n5CCCC6)C4=O)c3C=O)cn(C)c2=O)nc1. The number of hydrogen-bond donors (Lipinski definition) is 1. The molecule has 49 heavy (non-hydrogen) atoms. The topological polar surface area (TPSA) is 105 Å². The third kappa shape index (κ3) is 5.62. The summed E-state index contributed by atoms with van der Waals surface area (Å²) in [6, 6.07) is 10.8. The molecule has 0 saturated carbocycles. The minimum Gasteiger partial charge on any atom is -0.378 e. The fourth-order valence-electron chi connectivity index (χ4n) is 7.90. The van der Waals surface area contributed by atoms with E-state index < -0.39 is 5.82 Å². The van der Waals surface area contributed by atoms with Crippen LogP contribution in [0, 0.1) is 5.82 Å². The first-order valence-corrected chi connectivity index (χ1v) is 17.1. The number of halogens is 1. The predicted molar refractivity (Wildman–Crippen MR) is 186 cm³/mol. The van der Waals surface area contributed by atoms with Gasteiger partial charge in [-0.25, -0.2) is 9.37 Å². The zero-order chi connectivity index (χ0) is 33.8. The standard InChI is InChI=1S/C37H40FN7O4/c1-23-18-42(28-21-49-22-28)11-12-43(23)27-6-7-35(39-17-27)40-32-13-24(19-41(2)37(32)48)29-14-25(38)15-34(31(29)20-46)45-10-8-33-30(36(45)47)16-26-5-3-4-9-44(26)33/h6-7,13-17,19-20,23,28H,3-5,8-12,18,21-22H2,1-2H3,(H,39,40)/t23-/m0/s1. The van der Waals surface area contributed by atoms with E-state index in [1.54, 1.807) is 25.5 Å². The number of aromatic nitrogens is 3. The van der Waals surface area contributed by atoms with Crippen LogP contribution in [0.15, 0.2) is 53.6 Å². The van der Waals surface area contributed by atoms with Crippen LogP contribution in [0.3, 0.4) is 0 Å². The molecule has 0 aliphatic carbocycles. The lowest BCUT2D eigenvalue weighted by Gasteiger charge is -2.46. The molecule has 7 heterocycles. The number of ether oxygens (including phenoxy) is 1. The van der Waals surface area contributed by atoms with Crippen molar-refractivity contribution in [1.82, 2.24) is 19.0 Å². The molecule has 2 fully saturated rings. The third-order valence-electron chi connectivity index (χ3n) is 10.6. The highest BCUT2D eigenvalue weighted by atomic mass is 19.1. The molecule has 11 nitrogen and oxygen atoms in total. The van der Waals surface area contributed by atoms with Gasteiger partial charge in [0.15, 0.2) is 6.29 Å². The highest BCUT2D eigenvalue weighted by Gasteiger charge is 2.34. The molecule has 4 aliphatic rings. The summed E-state index contributed by atoms with van der Waals surface area (Å²) in [5.41, 5.74) is 4.89. The van der Waals surface area contributed by atoms with Crippen molar-refractivity contribution in [3.63, 3.8) is 0 Å². The van der Waals surface area contributed by atoms with E-state index in [2.05, 4.69) is 31.6 Å². The van der Waals surface area contributed by atoms with Gasteiger partial charge in [0.2, 0.25) is 0 Å². The van der Waals surface area contributed by atoms with Gasteiger partial charge in [-0.05, 0) is 68.1 Å². The highest BCUT2D eigenvalue weighted by molar-refractivity contribution is 6.11. The zero-order valence-corrected chi connectivity index (χ0v) is 27.8. The molecule has 1 N–H and O–H groups in total. The van der Waals surface area contributed by atoms with Gasteiger partial charge in [-0.1, -0.05) is 0 Å². The molecule has 254 valence electrons. The molecule has 0 radical (unpaired) electrons. The average Bonchev–Trinajstić information content (AvgIpc) is 3.46. The van der Waals surface area contributed by atoms with Crippen LogP contribution < -0.4 is 20.7 Å². The van der Waals surface area contributed by atoms with Crippen molar-refractivity contribution in [2.75, 3.05) is 54.5 Å². The van der Waals surface area contributed by atoms with Crippen LogP contribution in [0.1, 0.15) is 51.9 Å². The number of pyridine rings is 2. The van der Waals surface area contributed by atoms with Crippen LogP contribution in [0.5, 0.6) is 0 Å². The lowest BCUT2D eigenvalue weighted by atomic mass is 9.97. The molecule has 0 unspecified atom stereocenters. The Bertz CT molecular complexity index is 2000. The molecule has 4 aliphatic heterocycles. The molecule has 1 amide bonds. The Morgan fingerprint density at radius 2 is 1.86 bits per heavy atom. The lowest BCUT2D eigenvalue weighted by molar-refractivity contribution is -0.0691. The van der Waals surface area contributed by atoms with Crippen LogP contribution >= 0.6 is 0 Å². The molecule has 2 saturated heterocycles. The summed E-state index contributed by atoms with van der Waals surface area (Å²) < 4.78 is 24.4. The lowest BCUT2D eigenvalue weighted by Crippen LogP contribution is -2.59. The minimum absolute atomic E-state index is 0.188. The van der Waals surface area contributed by atoms with E-state index in [0.29, 0.717) is 53.8 Å². The molecule has 0 spiro atoms. The normalized spacial score (nSPS) is 19.7. The van der Waals surface area contributed by atoms with Crippen molar-refractivity contribution in [2.24, 2.45) is 7.05 Å². The summed E-state index contributed by atoms with van der Waals surface area (Å²) in [4.78, 5) is 50.7. The fourth-order valence-corrected chi connectivity index (χ4v) is 7.90. The second kappa shape index (κ2) is 12.6. The summed E-state index contributed by atoms with van der Waals surface area (Å²) in [6.45, 7) is 7.88. The monoisotopic (exact) mass is 665 g/mol. The predicted octanol–water partition coefficient (Wildman–Crippen LogP) is 4.39. The number of aryl methyl sites for hydroxylation is 2. The number of nitrogens with one attached hydrogen (secondary N) is 1. The van der Waals surface area contributed by atoms with Crippen molar-refractivity contribution >= 4 is 35.1 Å². The number of fused-ring (bicyclic) bond motifs is 3. The summed E-state index contributed by atoms with van der Waals surface area (Å²) in [5, 5.41) is 3.14. The van der Waals surface area contributed by atoms with Gasteiger partial charge in [-0.15, -0.1) is 0 Å². The largest absolute Gasteiger partial charge is 0.378 e. The van der Waals surface area contributed by atoms with E-state index in [1.807, 2.05) is 18.2 Å². The second-order valence-corrected chi connectivity index (χ2v) is 13.6. The fraction of sp³-hybridized carbons (Fsp3) is 0.405. The maximum absolute atomic E-state index is 15.4. The first-order valence-electron chi connectivity index (χ1n) is 17.1. The number of carbonyl (C=O) groups is 2. The van der Waals surface area contributed by atoms with Gasteiger partial charge >= 0.3 is 0 Å². The minimum atomic E-state index is -0.581. The molecular weight excluding hydrogens is 625 g/mol. The number of anilines is 4. The number of benzene rings is 1. The van der Waals surface area contributed by atoms with E-state index in [1.165, 1.54) is 21.6 Å². The quantitative estimate of drug-likeness (QED) is 0.290. The van der Waals surface area contributed by atoms with Crippen LogP contribution in [0.2, 0.25) is 0 Å². The number of piperazine rings is 1. The van der Waals surface area contributed by atoms with Crippen molar-refractivity contribution < 1.29 is 18.7 Å². The van der Waals surface area contributed by atoms with Gasteiger partial charge in [0, 0.05) is 80.9 Å². The molecule has 12 heteroatoms. The van der Waals surface area contributed by atoms with Crippen molar-refractivity contribution in [3.8, 4) is 11.1 Å². The Hall–Kier alpha value is -4.81. The Labute approximate surface area is 283 Å². The maximum Gasteiger partial charge on any atom is 0.274 e. The van der Waals surface area contributed by atoms with E-state index >= 15 is 4.39 Å². The van der Waals surface area contributed by atoms with Crippen LogP contribution in [-0.2, 0) is 31.2 Å². The van der Waals surface area contributed by atoms with Crippen molar-refractivity contribution in [2.45, 2.75) is 51.2 Å². The molecule has 1 atom stereocenters.